The van der Waals surface area contributed by atoms with Crippen LogP contribution in [0.2, 0.25) is 0 Å². The maximum Gasteiger partial charge on any atom is 0.338 e. The molecule has 0 N–H and O–H groups in total. The van der Waals surface area contributed by atoms with E-state index in [1.807, 2.05) is 50.2 Å². The zero-order valence-corrected chi connectivity index (χ0v) is 17.6. The summed E-state index contributed by atoms with van der Waals surface area (Å²) in [6.45, 7) is 4.21. The highest BCUT2D eigenvalue weighted by Crippen LogP contribution is 2.28. The van der Waals surface area contributed by atoms with E-state index in [1.54, 1.807) is 12.1 Å². The minimum absolute atomic E-state index is 0.240. The summed E-state index contributed by atoms with van der Waals surface area (Å²) in [6, 6.07) is 16.6. The van der Waals surface area contributed by atoms with Gasteiger partial charge < -0.3 is 18.8 Å². The van der Waals surface area contributed by atoms with E-state index in [1.165, 1.54) is 20.3 Å². The fourth-order valence-corrected chi connectivity index (χ4v) is 3.35. The second-order valence-electron chi connectivity index (χ2n) is 6.93. The first-order chi connectivity index (χ1) is 14.4. The minimum atomic E-state index is -0.595. The van der Waals surface area contributed by atoms with Crippen LogP contribution in [0.25, 0.3) is 0 Å². The molecule has 0 saturated carbocycles. The quantitative estimate of drug-likeness (QED) is 0.413. The number of hydrogen-bond donors (Lipinski definition) is 0. The molecule has 0 unspecified atom stereocenters. The van der Waals surface area contributed by atoms with E-state index in [2.05, 4.69) is 4.57 Å². The van der Waals surface area contributed by atoms with Gasteiger partial charge in [-0.05, 0) is 43.7 Å². The third kappa shape index (κ3) is 4.54. The summed E-state index contributed by atoms with van der Waals surface area (Å²) in [4.78, 5) is 25.1. The Hall–Kier alpha value is -3.54. The summed E-state index contributed by atoms with van der Waals surface area (Å²) in [5.41, 5.74) is 3.83. The van der Waals surface area contributed by atoms with E-state index < -0.39 is 5.97 Å². The Morgan fingerprint density at radius 2 is 1.60 bits per heavy atom. The van der Waals surface area contributed by atoms with E-state index >= 15 is 0 Å². The van der Waals surface area contributed by atoms with Crippen molar-refractivity contribution in [1.82, 2.24) is 4.57 Å². The van der Waals surface area contributed by atoms with Crippen molar-refractivity contribution in [3.05, 3.63) is 82.7 Å². The van der Waals surface area contributed by atoms with Gasteiger partial charge in [0.25, 0.3) is 0 Å². The van der Waals surface area contributed by atoms with Gasteiger partial charge in [0, 0.05) is 23.5 Å². The number of methoxy groups -OCH3 is 2. The lowest BCUT2D eigenvalue weighted by atomic mass is 10.1. The first-order valence-corrected chi connectivity index (χ1v) is 9.57. The van der Waals surface area contributed by atoms with Crippen molar-refractivity contribution >= 4 is 11.8 Å². The van der Waals surface area contributed by atoms with E-state index in [9.17, 15) is 9.59 Å². The lowest BCUT2D eigenvalue weighted by Gasteiger charge is -2.10. The van der Waals surface area contributed by atoms with Crippen molar-refractivity contribution in [2.75, 3.05) is 20.8 Å². The maximum atomic E-state index is 12.7. The first kappa shape index (κ1) is 21.2. The predicted molar refractivity (Wildman–Crippen MR) is 114 cm³/mol. The van der Waals surface area contributed by atoms with E-state index in [-0.39, 0.29) is 18.0 Å². The highest BCUT2D eigenvalue weighted by molar-refractivity contribution is 6.00. The molecule has 6 nitrogen and oxygen atoms in total. The predicted octanol–water partition coefficient (Wildman–Crippen LogP) is 4.21. The highest BCUT2D eigenvalue weighted by atomic mass is 16.5. The van der Waals surface area contributed by atoms with Gasteiger partial charge >= 0.3 is 5.97 Å². The van der Waals surface area contributed by atoms with Crippen molar-refractivity contribution in [2.24, 2.45) is 0 Å². The molecule has 1 aromatic heterocycles. The molecular formula is C24H25NO5. The molecule has 0 radical (unpaired) electrons. The number of ketones is 1. The van der Waals surface area contributed by atoms with Crippen LogP contribution in [0.3, 0.4) is 0 Å². The van der Waals surface area contributed by atoms with Gasteiger partial charge in [-0.25, -0.2) is 4.79 Å². The maximum absolute atomic E-state index is 12.7. The number of aromatic nitrogens is 1. The van der Waals surface area contributed by atoms with Gasteiger partial charge in [-0.15, -0.1) is 0 Å². The minimum Gasteiger partial charge on any atom is -0.493 e. The SMILES string of the molecule is COc1ccc(C(=O)OCC(=O)c2cc(C)n(Cc3ccccc3)c2C)cc1OC. The number of carbonyl (C=O) groups excluding carboxylic acids is 2. The molecule has 0 aliphatic rings. The largest absolute Gasteiger partial charge is 0.493 e. The third-order valence-electron chi connectivity index (χ3n) is 5.01. The molecule has 3 rings (SSSR count). The molecule has 0 saturated heterocycles. The number of carbonyl (C=O) groups is 2. The second-order valence-corrected chi connectivity index (χ2v) is 6.93. The molecule has 0 aliphatic heterocycles. The van der Waals surface area contributed by atoms with Crippen molar-refractivity contribution in [3.63, 3.8) is 0 Å². The standard InChI is InChI=1S/C24H25NO5/c1-16-12-20(17(2)25(16)14-18-8-6-5-7-9-18)21(26)15-30-24(27)19-10-11-22(28-3)23(13-19)29-4/h5-13H,14-15H2,1-4H3. The first-order valence-electron chi connectivity index (χ1n) is 9.57. The van der Waals surface area contributed by atoms with Crippen molar-refractivity contribution in [3.8, 4) is 11.5 Å². The average Bonchev–Trinajstić information content (AvgIpc) is 3.05. The van der Waals surface area contributed by atoms with Crippen LogP contribution < -0.4 is 9.47 Å². The number of nitrogens with zero attached hydrogens (tertiary/aromatic N) is 1. The summed E-state index contributed by atoms with van der Waals surface area (Å²) in [5, 5.41) is 0. The fourth-order valence-electron chi connectivity index (χ4n) is 3.35. The molecule has 156 valence electrons. The molecule has 1 heterocycles. The van der Waals surface area contributed by atoms with Gasteiger partial charge in [0.1, 0.15) is 0 Å². The normalized spacial score (nSPS) is 10.5. The molecule has 0 aliphatic carbocycles. The molecule has 0 amide bonds. The molecule has 0 bridgehead atoms. The number of Topliss-reactive ketones (excluding diaryl/α,β-unsaturated/α-hetero) is 1. The molecular weight excluding hydrogens is 382 g/mol. The Balaban J connectivity index is 1.69. The summed E-state index contributed by atoms with van der Waals surface area (Å²) >= 11 is 0. The van der Waals surface area contributed by atoms with Gasteiger partial charge in [0.2, 0.25) is 5.78 Å². The van der Waals surface area contributed by atoms with Crippen LogP contribution in [-0.2, 0) is 11.3 Å². The zero-order valence-electron chi connectivity index (χ0n) is 17.6. The summed E-state index contributed by atoms with van der Waals surface area (Å²) in [6.07, 6.45) is 0. The van der Waals surface area contributed by atoms with Gasteiger partial charge in [-0.2, -0.15) is 0 Å². The van der Waals surface area contributed by atoms with Gasteiger partial charge in [-0.1, -0.05) is 30.3 Å². The number of aryl methyl sites for hydroxylation is 1. The number of hydrogen-bond acceptors (Lipinski definition) is 5. The van der Waals surface area contributed by atoms with Crippen LogP contribution in [0.1, 0.15) is 37.7 Å². The summed E-state index contributed by atoms with van der Waals surface area (Å²) < 4.78 is 17.7. The molecule has 30 heavy (non-hydrogen) atoms. The second kappa shape index (κ2) is 9.31. The average molecular weight is 407 g/mol. The van der Waals surface area contributed by atoms with Crippen LogP contribution in [0.4, 0.5) is 0 Å². The summed E-state index contributed by atoms with van der Waals surface area (Å²) in [5.74, 6) is 0.0948. The third-order valence-corrected chi connectivity index (χ3v) is 5.01. The van der Waals surface area contributed by atoms with Gasteiger partial charge in [-0.3, -0.25) is 4.79 Å². The lowest BCUT2D eigenvalue weighted by molar-refractivity contribution is 0.0474. The lowest BCUT2D eigenvalue weighted by Crippen LogP contribution is -2.15. The molecule has 6 heteroatoms. The van der Waals surface area contributed by atoms with Gasteiger partial charge in [0.05, 0.1) is 19.8 Å². The Bertz CT molecular complexity index is 1050. The Kier molecular flexibility index (Phi) is 6.57. The van der Waals surface area contributed by atoms with Crippen LogP contribution in [0.15, 0.2) is 54.6 Å². The molecule has 0 fully saturated rings. The number of esters is 1. The Morgan fingerprint density at radius 3 is 2.27 bits per heavy atom. The molecule has 3 aromatic rings. The number of benzene rings is 2. The number of rotatable bonds is 8. The topological polar surface area (TPSA) is 66.8 Å². The monoisotopic (exact) mass is 407 g/mol. The van der Waals surface area contributed by atoms with Gasteiger partial charge in [0.15, 0.2) is 18.1 Å². The van der Waals surface area contributed by atoms with E-state index in [0.29, 0.717) is 23.6 Å². The summed E-state index contributed by atoms with van der Waals surface area (Å²) in [7, 11) is 3.00. The van der Waals surface area contributed by atoms with E-state index in [0.717, 1.165) is 17.0 Å². The zero-order chi connectivity index (χ0) is 21.7. The fraction of sp³-hybridized carbons (Fsp3) is 0.250. The van der Waals surface area contributed by atoms with Crippen LogP contribution in [-0.4, -0.2) is 37.1 Å². The van der Waals surface area contributed by atoms with Crippen molar-refractivity contribution < 1.29 is 23.8 Å². The van der Waals surface area contributed by atoms with Crippen molar-refractivity contribution in [2.45, 2.75) is 20.4 Å². The Labute approximate surface area is 176 Å². The smallest absolute Gasteiger partial charge is 0.338 e. The Morgan fingerprint density at radius 1 is 0.900 bits per heavy atom. The molecule has 0 atom stereocenters. The van der Waals surface area contributed by atoms with Crippen LogP contribution in [0.5, 0.6) is 11.5 Å². The molecule has 0 spiro atoms. The molecule has 2 aromatic carbocycles. The van der Waals surface area contributed by atoms with E-state index in [4.69, 9.17) is 14.2 Å². The highest BCUT2D eigenvalue weighted by Gasteiger charge is 2.19. The number of ether oxygens (including phenoxy) is 3. The van der Waals surface area contributed by atoms with Crippen molar-refractivity contribution in [1.29, 1.82) is 0 Å². The van der Waals surface area contributed by atoms with Crippen LogP contribution >= 0.6 is 0 Å². The van der Waals surface area contributed by atoms with Crippen LogP contribution in [0, 0.1) is 13.8 Å².